The Hall–Kier alpha value is -3.46. The number of carbonyl (C=O) groups is 2. The standard InChI is InChI=1S/C29H37ClN6O3/c1-19(2)17-25(32-20(3)37)29(38)35(23-7-5-6-8-23)15-16-36-28(22-9-10-26(39-4)24(30)18-22)33-27(34-36)21-11-13-31-14-12-21/h9-14,18-19,23,25H,5-8,15-17H2,1-4H3,(H,32,37)/t25-/m0/s1. The van der Waals surface area contributed by atoms with Gasteiger partial charge in [0.2, 0.25) is 11.8 Å². The van der Waals surface area contributed by atoms with E-state index in [4.69, 9.17) is 26.4 Å². The Balaban J connectivity index is 1.66. The first kappa shape index (κ1) is 28.5. The third-order valence-corrected chi connectivity index (χ3v) is 7.30. The summed E-state index contributed by atoms with van der Waals surface area (Å²) in [6.07, 6.45) is 8.10. The lowest BCUT2D eigenvalue weighted by Crippen LogP contribution is -2.52. The van der Waals surface area contributed by atoms with Crippen molar-refractivity contribution in [1.82, 2.24) is 30.0 Å². The Morgan fingerprint density at radius 2 is 1.87 bits per heavy atom. The summed E-state index contributed by atoms with van der Waals surface area (Å²) in [5.74, 6) is 1.82. The predicted octanol–water partition coefficient (Wildman–Crippen LogP) is 4.99. The molecular formula is C29H37ClN6O3. The lowest BCUT2D eigenvalue weighted by Gasteiger charge is -2.33. The van der Waals surface area contributed by atoms with Gasteiger partial charge in [-0.15, -0.1) is 0 Å². The maximum absolute atomic E-state index is 13.8. The van der Waals surface area contributed by atoms with Gasteiger partial charge < -0.3 is 15.0 Å². The summed E-state index contributed by atoms with van der Waals surface area (Å²) in [6, 6.07) is 8.84. The highest BCUT2D eigenvalue weighted by Gasteiger charge is 2.32. The Kier molecular flexibility index (Phi) is 9.56. The van der Waals surface area contributed by atoms with Crippen LogP contribution in [0, 0.1) is 5.92 Å². The van der Waals surface area contributed by atoms with Gasteiger partial charge in [-0.3, -0.25) is 14.6 Å². The van der Waals surface area contributed by atoms with E-state index in [0.29, 0.717) is 41.9 Å². The lowest BCUT2D eigenvalue weighted by molar-refractivity contribution is -0.138. The van der Waals surface area contributed by atoms with Crippen molar-refractivity contribution in [2.24, 2.45) is 5.92 Å². The molecule has 0 aliphatic heterocycles. The highest BCUT2D eigenvalue weighted by atomic mass is 35.5. The molecule has 0 unspecified atom stereocenters. The highest BCUT2D eigenvalue weighted by Crippen LogP contribution is 2.31. The van der Waals surface area contributed by atoms with Crippen LogP contribution in [0.2, 0.25) is 5.02 Å². The van der Waals surface area contributed by atoms with E-state index in [-0.39, 0.29) is 23.8 Å². The van der Waals surface area contributed by atoms with E-state index >= 15 is 0 Å². The summed E-state index contributed by atoms with van der Waals surface area (Å²) < 4.78 is 7.16. The molecular weight excluding hydrogens is 516 g/mol. The molecule has 1 saturated carbocycles. The van der Waals surface area contributed by atoms with Gasteiger partial charge in [-0.1, -0.05) is 38.3 Å². The van der Waals surface area contributed by atoms with Crippen molar-refractivity contribution in [3.8, 4) is 28.5 Å². The molecule has 1 fully saturated rings. The summed E-state index contributed by atoms with van der Waals surface area (Å²) in [7, 11) is 1.58. The zero-order chi connectivity index (χ0) is 27.9. The van der Waals surface area contributed by atoms with Crippen molar-refractivity contribution in [3.05, 3.63) is 47.7 Å². The number of hydrogen-bond donors (Lipinski definition) is 1. The number of methoxy groups -OCH3 is 1. The Morgan fingerprint density at radius 1 is 1.15 bits per heavy atom. The average molecular weight is 553 g/mol. The van der Waals surface area contributed by atoms with Crippen LogP contribution < -0.4 is 10.1 Å². The number of aromatic nitrogens is 4. The van der Waals surface area contributed by atoms with Crippen LogP contribution in [0.4, 0.5) is 0 Å². The van der Waals surface area contributed by atoms with Gasteiger partial charge in [0.15, 0.2) is 11.6 Å². The first-order valence-corrected chi connectivity index (χ1v) is 13.9. The quantitative estimate of drug-likeness (QED) is 0.359. The summed E-state index contributed by atoms with van der Waals surface area (Å²) in [4.78, 5) is 36.7. The number of benzene rings is 1. The van der Waals surface area contributed by atoms with E-state index in [0.717, 1.165) is 36.8 Å². The number of halogens is 1. The molecule has 4 rings (SSSR count). The van der Waals surface area contributed by atoms with Gasteiger partial charge in [-0.25, -0.2) is 9.67 Å². The van der Waals surface area contributed by atoms with Crippen molar-refractivity contribution < 1.29 is 14.3 Å². The van der Waals surface area contributed by atoms with E-state index in [9.17, 15) is 9.59 Å². The molecule has 9 nitrogen and oxygen atoms in total. The Labute approximate surface area is 234 Å². The number of rotatable bonds is 11. The number of ether oxygens (including phenoxy) is 1. The summed E-state index contributed by atoms with van der Waals surface area (Å²) in [5.41, 5.74) is 1.64. The van der Waals surface area contributed by atoms with Gasteiger partial charge in [0.1, 0.15) is 11.8 Å². The van der Waals surface area contributed by atoms with Gasteiger partial charge in [-0.2, -0.15) is 5.10 Å². The zero-order valence-electron chi connectivity index (χ0n) is 23.1. The Morgan fingerprint density at radius 3 is 2.49 bits per heavy atom. The monoisotopic (exact) mass is 552 g/mol. The van der Waals surface area contributed by atoms with Crippen LogP contribution in [0.25, 0.3) is 22.8 Å². The van der Waals surface area contributed by atoms with Crippen LogP contribution >= 0.6 is 11.6 Å². The SMILES string of the molecule is COc1ccc(-c2nc(-c3ccncc3)nn2CCN(C(=O)[C@H](CC(C)C)NC(C)=O)C2CCCC2)cc1Cl. The Bertz CT molecular complexity index is 1270. The van der Waals surface area contributed by atoms with Crippen molar-refractivity contribution in [2.75, 3.05) is 13.7 Å². The van der Waals surface area contributed by atoms with Crippen molar-refractivity contribution in [3.63, 3.8) is 0 Å². The van der Waals surface area contributed by atoms with E-state index < -0.39 is 6.04 Å². The van der Waals surface area contributed by atoms with Crippen molar-refractivity contribution >= 4 is 23.4 Å². The van der Waals surface area contributed by atoms with Crippen LogP contribution in [0.5, 0.6) is 5.75 Å². The molecule has 0 bridgehead atoms. The molecule has 208 valence electrons. The number of amides is 2. The second-order valence-corrected chi connectivity index (χ2v) is 10.8. The number of carbonyl (C=O) groups excluding carboxylic acids is 2. The molecule has 0 spiro atoms. The third kappa shape index (κ3) is 7.15. The van der Waals surface area contributed by atoms with Crippen molar-refractivity contribution in [1.29, 1.82) is 0 Å². The topological polar surface area (TPSA) is 102 Å². The normalized spacial score (nSPS) is 14.4. The molecule has 1 N–H and O–H groups in total. The average Bonchev–Trinajstić information content (AvgIpc) is 3.59. The first-order valence-electron chi connectivity index (χ1n) is 13.5. The smallest absolute Gasteiger partial charge is 0.245 e. The maximum atomic E-state index is 13.8. The molecule has 1 aromatic carbocycles. The number of nitrogens with one attached hydrogen (secondary N) is 1. The second-order valence-electron chi connectivity index (χ2n) is 10.4. The minimum absolute atomic E-state index is 0.0330. The number of pyridine rings is 1. The van der Waals surface area contributed by atoms with Gasteiger partial charge in [0, 0.05) is 43.0 Å². The molecule has 2 heterocycles. The summed E-state index contributed by atoms with van der Waals surface area (Å²) in [5, 5.41) is 8.20. The van der Waals surface area contributed by atoms with E-state index in [1.54, 1.807) is 25.6 Å². The van der Waals surface area contributed by atoms with Gasteiger partial charge in [-0.05, 0) is 55.5 Å². The fourth-order valence-electron chi connectivity index (χ4n) is 5.17. The van der Waals surface area contributed by atoms with Gasteiger partial charge in [0.25, 0.3) is 0 Å². The van der Waals surface area contributed by atoms with Crippen LogP contribution in [0.1, 0.15) is 52.9 Å². The van der Waals surface area contributed by atoms with Crippen LogP contribution in [-0.4, -0.2) is 62.2 Å². The largest absolute Gasteiger partial charge is 0.495 e. The lowest BCUT2D eigenvalue weighted by atomic mass is 10.0. The maximum Gasteiger partial charge on any atom is 0.245 e. The molecule has 0 radical (unpaired) electrons. The minimum Gasteiger partial charge on any atom is -0.495 e. The molecule has 0 saturated heterocycles. The first-order chi connectivity index (χ1) is 18.8. The third-order valence-electron chi connectivity index (χ3n) is 7.00. The fourth-order valence-corrected chi connectivity index (χ4v) is 5.43. The molecule has 3 aromatic rings. The minimum atomic E-state index is -0.550. The van der Waals surface area contributed by atoms with Gasteiger partial charge >= 0.3 is 0 Å². The van der Waals surface area contributed by atoms with Crippen LogP contribution in [0.3, 0.4) is 0 Å². The molecule has 1 aliphatic rings. The van der Waals surface area contributed by atoms with Gasteiger partial charge in [0.05, 0.1) is 18.7 Å². The van der Waals surface area contributed by atoms with E-state index in [1.807, 2.05) is 33.8 Å². The van der Waals surface area contributed by atoms with Crippen LogP contribution in [0.15, 0.2) is 42.7 Å². The highest BCUT2D eigenvalue weighted by molar-refractivity contribution is 6.32. The van der Waals surface area contributed by atoms with E-state index in [2.05, 4.69) is 24.1 Å². The fraction of sp³-hybridized carbons (Fsp3) is 0.483. The number of hydrogen-bond acceptors (Lipinski definition) is 6. The van der Waals surface area contributed by atoms with Crippen molar-refractivity contribution in [2.45, 2.75) is 71.5 Å². The second kappa shape index (κ2) is 13.1. The molecule has 1 atom stereocenters. The molecule has 2 aromatic heterocycles. The van der Waals surface area contributed by atoms with Crippen LogP contribution in [-0.2, 0) is 16.1 Å². The molecule has 1 aliphatic carbocycles. The number of nitrogens with zero attached hydrogens (tertiary/aromatic N) is 5. The molecule has 39 heavy (non-hydrogen) atoms. The predicted molar refractivity (Wildman–Crippen MR) is 151 cm³/mol. The summed E-state index contributed by atoms with van der Waals surface area (Å²) in [6.45, 7) is 6.47. The molecule has 2 amide bonds. The van der Waals surface area contributed by atoms with E-state index in [1.165, 1.54) is 6.92 Å². The molecule has 10 heteroatoms. The summed E-state index contributed by atoms with van der Waals surface area (Å²) >= 11 is 6.45. The zero-order valence-corrected chi connectivity index (χ0v) is 23.8.